The third-order valence-corrected chi connectivity index (χ3v) is 2.81. The minimum Gasteiger partial charge on any atom is -0.396 e. The van der Waals surface area contributed by atoms with Crippen molar-refractivity contribution in [3.05, 3.63) is 30.3 Å². The maximum atomic E-state index is 11.4. The Kier molecular flexibility index (Phi) is 3.81. The summed E-state index contributed by atoms with van der Waals surface area (Å²) < 4.78 is 27.0. The topological polar surface area (TPSA) is 80.7 Å². The molecule has 0 unspecified atom stereocenters. The highest BCUT2D eigenvalue weighted by Gasteiger charge is 2.18. The second-order valence-electron chi connectivity index (χ2n) is 2.70. The Hall–Kier alpha value is -1.40. The standard InChI is InChI=1S/C9H10O5S/c10-7-6-9(11)14-15(12,13)8-4-2-1-3-5-8/h1-5,10H,6-7H2. The van der Waals surface area contributed by atoms with Gasteiger partial charge in [0.05, 0.1) is 13.0 Å². The predicted octanol–water partition coefficient (Wildman–Crippen LogP) is 0.301. The lowest BCUT2D eigenvalue weighted by Crippen LogP contribution is -2.14. The molecule has 1 aromatic carbocycles. The fourth-order valence-corrected chi connectivity index (χ4v) is 1.81. The zero-order valence-corrected chi connectivity index (χ0v) is 8.61. The van der Waals surface area contributed by atoms with Gasteiger partial charge in [0.2, 0.25) is 0 Å². The molecule has 1 rings (SSSR count). The summed E-state index contributed by atoms with van der Waals surface area (Å²) >= 11 is 0. The van der Waals surface area contributed by atoms with Crippen molar-refractivity contribution in [2.24, 2.45) is 0 Å². The van der Waals surface area contributed by atoms with E-state index >= 15 is 0 Å². The van der Waals surface area contributed by atoms with Gasteiger partial charge in [0.25, 0.3) is 0 Å². The van der Waals surface area contributed by atoms with Gasteiger partial charge < -0.3 is 9.29 Å². The van der Waals surface area contributed by atoms with Crippen LogP contribution >= 0.6 is 0 Å². The van der Waals surface area contributed by atoms with Crippen LogP contribution in [0.25, 0.3) is 0 Å². The molecule has 0 heterocycles. The van der Waals surface area contributed by atoms with Gasteiger partial charge in [0, 0.05) is 0 Å². The summed E-state index contributed by atoms with van der Waals surface area (Å²) in [7, 11) is -4.04. The molecule has 0 spiro atoms. The van der Waals surface area contributed by atoms with Crippen LogP contribution in [0.4, 0.5) is 0 Å². The van der Waals surface area contributed by atoms with E-state index in [1.807, 2.05) is 0 Å². The summed E-state index contributed by atoms with van der Waals surface area (Å²) in [6, 6.07) is 7.33. The molecule has 15 heavy (non-hydrogen) atoms. The Morgan fingerprint density at radius 2 is 1.87 bits per heavy atom. The van der Waals surface area contributed by atoms with Crippen LogP contribution < -0.4 is 0 Å². The maximum absolute atomic E-state index is 11.4. The van der Waals surface area contributed by atoms with Crippen molar-refractivity contribution in [2.75, 3.05) is 6.61 Å². The SMILES string of the molecule is O=C(CCO)OS(=O)(=O)c1ccccc1. The first-order chi connectivity index (χ1) is 7.06. The van der Waals surface area contributed by atoms with Gasteiger partial charge in [-0.1, -0.05) is 18.2 Å². The molecule has 0 aliphatic rings. The van der Waals surface area contributed by atoms with Crippen molar-refractivity contribution in [1.82, 2.24) is 0 Å². The number of aliphatic hydroxyl groups excluding tert-OH is 1. The van der Waals surface area contributed by atoms with E-state index in [1.165, 1.54) is 24.3 Å². The summed E-state index contributed by atoms with van der Waals surface area (Å²) in [6.07, 6.45) is -0.341. The van der Waals surface area contributed by atoms with Crippen molar-refractivity contribution in [1.29, 1.82) is 0 Å². The van der Waals surface area contributed by atoms with Crippen LogP contribution in [0, 0.1) is 0 Å². The van der Waals surface area contributed by atoms with Crippen LogP contribution in [0.5, 0.6) is 0 Å². The first-order valence-corrected chi connectivity index (χ1v) is 5.60. The number of carbonyl (C=O) groups is 1. The molecule has 0 bridgehead atoms. The van der Waals surface area contributed by atoms with Crippen molar-refractivity contribution >= 4 is 16.1 Å². The van der Waals surface area contributed by atoms with E-state index in [4.69, 9.17) is 5.11 Å². The highest BCUT2D eigenvalue weighted by Crippen LogP contribution is 2.11. The number of aliphatic hydroxyl groups is 1. The number of carbonyl (C=O) groups excluding carboxylic acids is 1. The number of rotatable bonds is 4. The fraction of sp³-hybridized carbons (Fsp3) is 0.222. The van der Waals surface area contributed by atoms with Gasteiger partial charge in [0.1, 0.15) is 4.90 Å². The molecule has 0 aliphatic carbocycles. The van der Waals surface area contributed by atoms with Gasteiger partial charge in [-0.15, -0.1) is 0 Å². The summed E-state index contributed by atoms with van der Waals surface area (Å²) in [5.41, 5.74) is 0. The van der Waals surface area contributed by atoms with Crippen molar-refractivity contribution < 1.29 is 22.5 Å². The average Bonchev–Trinajstić information content (AvgIpc) is 2.18. The predicted molar refractivity (Wildman–Crippen MR) is 51.4 cm³/mol. The second-order valence-corrected chi connectivity index (χ2v) is 4.24. The normalized spacial score (nSPS) is 11.0. The summed E-state index contributed by atoms with van der Waals surface area (Å²) in [5, 5.41) is 8.41. The molecule has 0 fully saturated rings. The third kappa shape index (κ3) is 3.34. The van der Waals surface area contributed by atoms with Crippen LogP contribution in [-0.4, -0.2) is 26.1 Å². The van der Waals surface area contributed by atoms with Crippen LogP contribution in [0.1, 0.15) is 6.42 Å². The van der Waals surface area contributed by atoms with Gasteiger partial charge in [-0.05, 0) is 12.1 Å². The Morgan fingerprint density at radius 3 is 2.40 bits per heavy atom. The summed E-state index contributed by atoms with van der Waals surface area (Å²) in [6.45, 7) is -0.441. The molecule has 0 atom stereocenters. The van der Waals surface area contributed by atoms with Crippen LogP contribution in [-0.2, 0) is 19.1 Å². The molecule has 0 saturated heterocycles. The van der Waals surface area contributed by atoms with E-state index in [0.717, 1.165) is 0 Å². The highest BCUT2D eigenvalue weighted by atomic mass is 32.2. The maximum Gasteiger partial charge on any atom is 0.341 e. The van der Waals surface area contributed by atoms with E-state index in [1.54, 1.807) is 6.07 Å². The largest absolute Gasteiger partial charge is 0.396 e. The minimum absolute atomic E-state index is 0.0868. The molecule has 5 nitrogen and oxygen atoms in total. The zero-order valence-electron chi connectivity index (χ0n) is 7.79. The molecule has 0 aliphatic heterocycles. The molecule has 1 N–H and O–H groups in total. The van der Waals surface area contributed by atoms with Gasteiger partial charge in [0.15, 0.2) is 0 Å². The fourth-order valence-electron chi connectivity index (χ4n) is 0.891. The highest BCUT2D eigenvalue weighted by molar-refractivity contribution is 7.87. The first-order valence-electron chi connectivity index (χ1n) is 4.19. The molecule has 0 radical (unpaired) electrons. The number of hydrogen-bond donors (Lipinski definition) is 1. The van der Waals surface area contributed by atoms with E-state index in [2.05, 4.69) is 4.18 Å². The Bertz CT molecular complexity index is 423. The molecule has 6 heteroatoms. The lowest BCUT2D eigenvalue weighted by atomic mass is 10.4. The van der Waals surface area contributed by atoms with Crippen LogP contribution in [0.2, 0.25) is 0 Å². The van der Waals surface area contributed by atoms with Crippen LogP contribution in [0.15, 0.2) is 35.2 Å². The van der Waals surface area contributed by atoms with E-state index in [0.29, 0.717) is 0 Å². The molecule has 1 aromatic rings. The lowest BCUT2D eigenvalue weighted by Gasteiger charge is -2.03. The molecule has 82 valence electrons. The third-order valence-electron chi connectivity index (χ3n) is 1.55. The Balaban J connectivity index is 2.81. The van der Waals surface area contributed by atoms with Gasteiger partial charge in [-0.2, -0.15) is 8.42 Å². The molecular weight excluding hydrogens is 220 g/mol. The van der Waals surface area contributed by atoms with Gasteiger partial charge in [-0.3, -0.25) is 4.79 Å². The molecular formula is C9H10O5S. The second kappa shape index (κ2) is 4.90. The number of hydrogen-bond acceptors (Lipinski definition) is 5. The average molecular weight is 230 g/mol. The summed E-state index contributed by atoms with van der Waals surface area (Å²) in [4.78, 5) is 10.8. The summed E-state index contributed by atoms with van der Waals surface area (Å²) in [5.74, 6) is -0.971. The lowest BCUT2D eigenvalue weighted by molar-refractivity contribution is -0.134. The molecule has 0 saturated carbocycles. The van der Waals surface area contributed by atoms with Crippen LogP contribution in [0.3, 0.4) is 0 Å². The van der Waals surface area contributed by atoms with E-state index in [-0.39, 0.29) is 11.3 Å². The van der Waals surface area contributed by atoms with Gasteiger partial charge in [-0.25, -0.2) is 0 Å². The molecule has 0 aromatic heterocycles. The van der Waals surface area contributed by atoms with E-state index in [9.17, 15) is 13.2 Å². The van der Waals surface area contributed by atoms with Crippen molar-refractivity contribution in [2.45, 2.75) is 11.3 Å². The number of benzene rings is 1. The van der Waals surface area contributed by atoms with Crippen molar-refractivity contribution in [3.8, 4) is 0 Å². The Morgan fingerprint density at radius 1 is 1.27 bits per heavy atom. The Labute approximate surface area is 87.4 Å². The quantitative estimate of drug-likeness (QED) is 0.752. The van der Waals surface area contributed by atoms with Gasteiger partial charge >= 0.3 is 16.1 Å². The molecule has 0 amide bonds. The minimum atomic E-state index is -4.04. The van der Waals surface area contributed by atoms with Crippen molar-refractivity contribution in [3.63, 3.8) is 0 Å². The van der Waals surface area contributed by atoms with E-state index < -0.39 is 22.7 Å². The zero-order chi connectivity index (χ0) is 11.3. The monoisotopic (exact) mass is 230 g/mol. The smallest absolute Gasteiger partial charge is 0.341 e. The first kappa shape index (κ1) is 11.7.